The highest BCUT2D eigenvalue weighted by atomic mass is 32.2. The minimum Gasteiger partial charge on any atom is -0.386 e. The Morgan fingerprint density at radius 3 is 3.00 bits per heavy atom. The number of nitriles is 1. The fourth-order valence-electron chi connectivity index (χ4n) is 1.16. The van der Waals surface area contributed by atoms with Crippen LogP contribution in [0.25, 0.3) is 0 Å². The van der Waals surface area contributed by atoms with Crippen molar-refractivity contribution in [1.82, 2.24) is 0 Å². The van der Waals surface area contributed by atoms with Gasteiger partial charge in [0.2, 0.25) is 0 Å². The van der Waals surface area contributed by atoms with Crippen LogP contribution in [-0.2, 0) is 0 Å². The van der Waals surface area contributed by atoms with E-state index in [1.165, 1.54) is 0 Å². The van der Waals surface area contributed by atoms with E-state index in [4.69, 9.17) is 5.26 Å². The molecule has 0 spiro atoms. The Balaban J connectivity index is 2.45. The predicted molar refractivity (Wildman–Crippen MR) is 51.9 cm³/mol. The number of thiocyanates is 1. The van der Waals surface area contributed by atoms with Crippen LogP contribution in [-0.4, -0.2) is 28.2 Å². The molecule has 0 aliphatic heterocycles. The third-order valence-electron chi connectivity index (χ3n) is 1.88. The molecule has 4 heteroatoms. The van der Waals surface area contributed by atoms with E-state index in [1.807, 2.05) is 5.40 Å². The van der Waals surface area contributed by atoms with Crippen molar-refractivity contribution in [3.8, 4) is 5.40 Å². The van der Waals surface area contributed by atoms with Gasteiger partial charge in [-0.2, -0.15) is 5.26 Å². The van der Waals surface area contributed by atoms with E-state index in [9.17, 15) is 10.2 Å². The van der Waals surface area contributed by atoms with Gasteiger partial charge in [-0.1, -0.05) is 18.2 Å². The van der Waals surface area contributed by atoms with E-state index in [2.05, 4.69) is 0 Å². The fourth-order valence-corrected chi connectivity index (χ4v) is 1.59. The Labute approximate surface area is 81.4 Å². The van der Waals surface area contributed by atoms with Gasteiger partial charge >= 0.3 is 0 Å². The number of rotatable bonds is 3. The lowest BCUT2D eigenvalue weighted by Crippen LogP contribution is -2.28. The molecule has 0 bridgehead atoms. The van der Waals surface area contributed by atoms with Crippen molar-refractivity contribution in [3.05, 3.63) is 23.8 Å². The highest BCUT2D eigenvalue weighted by Crippen LogP contribution is 2.18. The second-order valence-corrected chi connectivity index (χ2v) is 3.63. The molecule has 1 aliphatic rings. The maximum atomic E-state index is 9.48. The van der Waals surface area contributed by atoms with Crippen LogP contribution >= 0.6 is 11.8 Å². The lowest BCUT2D eigenvalue weighted by molar-refractivity contribution is 0.0698. The Kier molecular flexibility index (Phi) is 4.03. The van der Waals surface area contributed by atoms with Crippen LogP contribution in [0.3, 0.4) is 0 Å². The average molecular weight is 197 g/mol. The Bertz CT molecular complexity index is 267. The molecule has 2 N–H and O–H groups in total. The maximum absolute atomic E-state index is 9.48. The molecular formula is C9H11NO2S. The number of thioether (sulfide) groups is 1. The molecule has 0 aromatic carbocycles. The van der Waals surface area contributed by atoms with Crippen LogP contribution in [0.2, 0.25) is 0 Å². The number of hydrogen-bond acceptors (Lipinski definition) is 4. The second kappa shape index (κ2) is 5.07. The zero-order valence-corrected chi connectivity index (χ0v) is 7.87. The second-order valence-electron chi connectivity index (χ2n) is 2.75. The van der Waals surface area contributed by atoms with Crippen molar-refractivity contribution < 1.29 is 10.2 Å². The summed E-state index contributed by atoms with van der Waals surface area (Å²) in [6.45, 7) is 0. The third-order valence-corrected chi connectivity index (χ3v) is 2.42. The molecule has 0 radical (unpaired) electrons. The lowest BCUT2D eigenvalue weighted by atomic mass is 9.97. The van der Waals surface area contributed by atoms with Crippen LogP contribution in [0, 0.1) is 10.7 Å². The number of aliphatic hydroxyl groups is 2. The molecule has 0 aromatic heterocycles. The van der Waals surface area contributed by atoms with Crippen LogP contribution < -0.4 is 0 Å². The minimum absolute atomic E-state index is 0.640. The topological polar surface area (TPSA) is 64.2 Å². The van der Waals surface area contributed by atoms with Gasteiger partial charge in [0.1, 0.15) is 17.6 Å². The molecule has 13 heavy (non-hydrogen) atoms. The zero-order chi connectivity index (χ0) is 9.68. The zero-order valence-electron chi connectivity index (χ0n) is 7.05. The summed E-state index contributed by atoms with van der Waals surface area (Å²) in [5, 5.41) is 29.0. The van der Waals surface area contributed by atoms with Gasteiger partial charge in [-0.25, -0.2) is 0 Å². The quantitative estimate of drug-likeness (QED) is 0.519. The molecule has 0 saturated carbocycles. The first-order chi connectivity index (χ1) is 6.25. The molecule has 2 atom stereocenters. The maximum Gasteiger partial charge on any atom is 0.133 e. The van der Waals surface area contributed by atoms with E-state index in [-0.39, 0.29) is 0 Å². The first-order valence-electron chi connectivity index (χ1n) is 4.00. The van der Waals surface area contributed by atoms with Gasteiger partial charge in [0.15, 0.2) is 0 Å². The normalized spacial score (nSPS) is 26.7. The van der Waals surface area contributed by atoms with Crippen molar-refractivity contribution in [2.24, 2.45) is 0 Å². The van der Waals surface area contributed by atoms with Crippen LogP contribution in [0.15, 0.2) is 23.8 Å². The van der Waals surface area contributed by atoms with Crippen LogP contribution in [0.1, 0.15) is 6.42 Å². The summed E-state index contributed by atoms with van der Waals surface area (Å²) in [7, 11) is 0. The fraction of sp³-hybridized carbons (Fsp3) is 0.444. The van der Waals surface area contributed by atoms with Gasteiger partial charge in [-0.05, 0) is 23.8 Å². The molecule has 0 saturated heterocycles. The Hall–Kier alpha value is -0.760. The minimum atomic E-state index is -0.802. The summed E-state index contributed by atoms with van der Waals surface area (Å²) < 4.78 is 0. The Morgan fingerprint density at radius 1 is 1.54 bits per heavy atom. The smallest absolute Gasteiger partial charge is 0.133 e. The third kappa shape index (κ3) is 2.88. The van der Waals surface area contributed by atoms with Crippen LogP contribution in [0.5, 0.6) is 0 Å². The summed E-state index contributed by atoms with van der Waals surface area (Å²) in [4.78, 5) is 0. The van der Waals surface area contributed by atoms with E-state index < -0.39 is 12.2 Å². The van der Waals surface area contributed by atoms with Crippen LogP contribution in [0.4, 0.5) is 0 Å². The average Bonchev–Trinajstić information content (AvgIpc) is 2.13. The largest absolute Gasteiger partial charge is 0.386 e. The van der Waals surface area contributed by atoms with Crippen molar-refractivity contribution in [2.45, 2.75) is 18.6 Å². The number of allylic oxidation sites excluding steroid dienone is 2. The number of hydrogen-bond donors (Lipinski definition) is 2. The molecule has 0 heterocycles. The summed E-state index contributed by atoms with van der Waals surface area (Å²) in [6, 6.07) is 0. The monoisotopic (exact) mass is 197 g/mol. The Morgan fingerprint density at radius 2 is 2.31 bits per heavy atom. The van der Waals surface area contributed by atoms with Crippen molar-refractivity contribution >= 4 is 11.8 Å². The predicted octanol–water partition coefficient (Wildman–Crippen LogP) is 0.809. The highest BCUT2D eigenvalue weighted by molar-refractivity contribution is 8.03. The van der Waals surface area contributed by atoms with Crippen molar-refractivity contribution in [1.29, 1.82) is 5.26 Å². The summed E-state index contributed by atoms with van der Waals surface area (Å²) in [5.41, 5.74) is 0.790. The SMILES string of the molecule is N#CSCCC1=CC=C[C@H](O)[C@@H]1O. The summed E-state index contributed by atoms with van der Waals surface area (Å²) in [6.07, 6.45) is 4.10. The standard InChI is InChI=1S/C9H11NO2S/c10-6-13-5-4-7-2-1-3-8(11)9(7)12/h1-3,8-9,11-12H,4-5H2/t8-,9+/m0/s1. The van der Waals surface area contributed by atoms with Gasteiger partial charge in [0, 0.05) is 5.75 Å². The molecule has 1 rings (SSSR count). The number of aliphatic hydroxyl groups excluding tert-OH is 2. The van der Waals surface area contributed by atoms with Crippen molar-refractivity contribution in [3.63, 3.8) is 0 Å². The van der Waals surface area contributed by atoms with Gasteiger partial charge in [-0.15, -0.1) is 0 Å². The molecule has 70 valence electrons. The molecule has 0 unspecified atom stereocenters. The summed E-state index contributed by atoms with van der Waals surface area (Å²) in [5.74, 6) is 0.653. The molecule has 1 aliphatic carbocycles. The van der Waals surface area contributed by atoms with E-state index >= 15 is 0 Å². The number of nitrogens with zero attached hydrogens (tertiary/aromatic N) is 1. The van der Waals surface area contributed by atoms with E-state index in [1.54, 1.807) is 18.2 Å². The molecule has 0 amide bonds. The molecule has 0 fully saturated rings. The van der Waals surface area contributed by atoms with E-state index in [0.29, 0.717) is 12.2 Å². The van der Waals surface area contributed by atoms with Gasteiger partial charge in [0.05, 0.1) is 0 Å². The van der Waals surface area contributed by atoms with Gasteiger partial charge in [-0.3, -0.25) is 0 Å². The molecular weight excluding hydrogens is 186 g/mol. The lowest BCUT2D eigenvalue weighted by Gasteiger charge is -2.20. The first kappa shape index (κ1) is 10.3. The molecule has 0 aromatic rings. The summed E-state index contributed by atoms with van der Waals surface area (Å²) >= 11 is 1.15. The van der Waals surface area contributed by atoms with Crippen molar-refractivity contribution in [2.75, 3.05) is 5.75 Å². The van der Waals surface area contributed by atoms with Gasteiger partial charge in [0.25, 0.3) is 0 Å². The first-order valence-corrected chi connectivity index (χ1v) is 4.98. The molecule has 3 nitrogen and oxygen atoms in total. The highest BCUT2D eigenvalue weighted by Gasteiger charge is 2.19. The van der Waals surface area contributed by atoms with E-state index in [0.717, 1.165) is 17.3 Å². The van der Waals surface area contributed by atoms with Gasteiger partial charge < -0.3 is 10.2 Å².